The number of rotatable bonds is 9. The molecule has 1 amide bonds. The standard InChI is InChI=1S/C35H38N3O7/c1-21(2)30-31-22(3)28(32(36(31)33(30)39)35(41)45-34(40)23-13-15-25(16-14-23)37(42)43)20-44-29-12-8-10-26-24(9-7-11-27(26)29)19-38(4)17-5-6-18-38/h7-16,21-22,30-31H,5-6,17-20H2,1-4H3/q+1/t22-,30+,31+/m0/s1. The maximum atomic E-state index is 13.6. The molecule has 10 heteroatoms. The highest BCUT2D eigenvalue weighted by Crippen LogP contribution is 2.49. The summed E-state index contributed by atoms with van der Waals surface area (Å²) in [5.41, 5.74) is 1.70. The van der Waals surface area contributed by atoms with E-state index in [1.807, 2.05) is 39.0 Å². The van der Waals surface area contributed by atoms with Crippen molar-refractivity contribution >= 4 is 34.3 Å². The molecule has 0 bridgehead atoms. The lowest BCUT2D eigenvalue weighted by atomic mass is 9.74. The molecule has 0 N–H and O–H groups in total. The second kappa shape index (κ2) is 11.7. The first kappa shape index (κ1) is 30.5. The van der Waals surface area contributed by atoms with E-state index < -0.39 is 16.9 Å². The van der Waals surface area contributed by atoms with Crippen LogP contribution in [0.4, 0.5) is 5.69 Å². The lowest BCUT2D eigenvalue weighted by Gasteiger charge is -2.47. The van der Waals surface area contributed by atoms with E-state index in [0.717, 1.165) is 34.9 Å². The third-order valence-corrected chi connectivity index (χ3v) is 9.76. The zero-order chi connectivity index (χ0) is 32.0. The zero-order valence-corrected chi connectivity index (χ0v) is 26.0. The number of esters is 2. The second-order valence-electron chi connectivity index (χ2n) is 13.1. The summed E-state index contributed by atoms with van der Waals surface area (Å²) in [6, 6.07) is 16.8. The summed E-state index contributed by atoms with van der Waals surface area (Å²) in [6.07, 6.45) is 2.48. The Labute approximate surface area is 261 Å². The van der Waals surface area contributed by atoms with Crippen molar-refractivity contribution in [2.45, 2.75) is 46.2 Å². The number of hydrogen-bond acceptors (Lipinski definition) is 7. The molecule has 3 aliphatic heterocycles. The van der Waals surface area contributed by atoms with E-state index in [1.54, 1.807) is 0 Å². The van der Waals surface area contributed by atoms with E-state index >= 15 is 0 Å². The number of non-ortho nitro benzene ring substituents is 1. The number of ether oxygens (including phenoxy) is 2. The molecule has 45 heavy (non-hydrogen) atoms. The molecule has 3 aromatic rings. The predicted molar refractivity (Wildman–Crippen MR) is 167 cm³/mol. The van der Waals surface area contributed by atoms with Gasteiger partial charge in [-0.1, -0.05) is 51.1 Å². The highest BCUT2D eigenvalue weighted by atomic mass is 16.6. The molecule has 0 radical (unpaired) electrons. The van der Waals surface area contributed by atoms with Crippen molar-refractivity contribution in [3.63, 3.8) is 0 Å². The molecule has 2 fully saturated rings. The highest BCUT2D eigenvalue weighted by Gasteiger charge is 2.59. The van der Waals surface area contributed by atoms with Gasteiger partial charge in [0.1, 0.15) is 24.6 Å². The number of carbonyl (C=O) groups is 3. The lowest BCUT2D eigenvalue weighted by Crippen LogP contribution is -2.62. The molecule has 0 spiro atoms. The molecular formula is C35H38N3O7+. The fraction of sp³-hybridized carbons (Fsp3) is 0.400. The Bertz CT molecular complexity index is 1720. The Morgan fingerprint density at radius 2 is 1.67 bits per heavy atom. The summed E-state index contributed by atoms with van der Waals surface area (Å²) in [5, 5.41) is 13.1. The molecule has 2 saturated heterocycles. The van der Waals surface area contributed by atoms with Crippen molar-refractivity contribution in [3.8, 4) is 5.75 Å². The minimum atomic E-state index is -0.955. The first-order valence-corrected chi connectivity index (χ1v) is 15.5. The van der Waals surface area contributed by atoms with Crippen LogP contribution in [0.25, 0.3) is 10.8 Å². The predicted octanol–water partition coefficient (Wildman–Crippen LogP) is 5.64. The van der Waals surface area contributed by atoms with E-state index in [1.165, 1.54) is 47.6 Å². The molecule has 3 atom stereocenters. The Morgan fingerprint density at radius 1 is 1.00 bits per heavy atom. The van der Waals surface area contributed by atoms with Gasteiger partial charge in [-0.15, -0.1) is 0 Å². The van der Waals surface area contributed by atoms with Crippen LogP contribution in [0.5, 0.6) is 5.75 Å². The number of hydrogen-bond donors (Lipinski definition) is 0. The summed E-state index contributed by atoms with van der Waals surface area (Å²) in [4.78, 5) is 51.6. The van der Waals surface area contributed by atoms with E-state index in [4.69, 9.17) is 9.47 Å². The van der Waals surface area contributed by atoms with Crippen molar-refractivity contribution < 1.29 is 33.3 Å². The number of likely N-dealkylation sites (tertiary alicyclic amines) is 1. The van der Waals surface area contributed by atoms with Crippen LogP contribution in [0.15, 0.2) is 71.9 Å². The molecule has 3 heterocycles. The monoisotopic (exact) mass is 612 g/mol. The van der Waals surface area contributed by atoms with Gasteiger partial charge in [0.05, 0.1) is 42.6 Å². The first-order chi connectivity index (χ1) is 21.5. The number of nitro groups is 1. The number of benzene rings is 3. The highest BCUT2D eigenvalue weighted by molar-refractivity contribution is 6.06. The van der Waals surface area contributed by atoms with Gasteiger partial charge in [0.15, 0.2) is 0 Å². The number of nitrogens with zero attached hydrogens (tertiary/aromatic N) is 3. The van der Waals surface area contributed by atoms with Crippen molar-refractivity contribution in [3.05, 3.63) is 93.2 Å². The molecule has 234 valence electrons. The van der Waals surface area contributed by atoms with Gasteiger partial charge in [-0.05, 0) is 29.5 Å². The molecule has 0 unspecified atom stereocenters. The van der Waals surface area contributed by atoms with Crippen LogP contribution in [-0.2, 0) is 20.9 Å². The summed E-state index contributed by atoms with van der Waals surface area (Å²) in [6.45, 7) is 9.25. The molecular weight excluding hydrogens is 574 g/mol. The number of quaternary nitrogens is 1. The van der Waals surface area contributed by atoms with Crippen LogP contribution in [-0.4, -0.2) is 64.9 Å². The van der Waals surface area contributed by atoms with E-state index in [2.05, 4.69) is 25.2 Å². The van der Waals surface area contributed by atoms with Gasteiger partial charge in [-0.3, -0.25) is 14.9 Å². The van der Waals surface area contributed by atoms with Gasteiger partial charge in [0.2, 0.25) is 5.91 Å². The molecule has 6 rings (SSSR count). The zero-order valence-electron chi connectivity index (χ0n) is 26.0. The Kier molecular flexibility index (Phi) is 7.95. The number of β-lactam (4-membered cyclic amide) rings is 1. The maximum absolute atomic E-state index is 13.6. The van der Waals surface area contributed by atoms with Gasteiger partial charge >= 0.3 is 11.9 Å². The molecule has 3 aromatic carbocycles. The van der Waals surface area contributed by atoms with Crippen molar-refractivity contribution in [2.75, 3.05) is 26.7 Å². The van der Waals surface area contributed by atoms with Gasteiger partial charge in [0, 0.05) is 47.4 Å². The summed E-state index contributed by atoms with van der Waals surface area (Å²) < 4.78 is 12.7. The normalized spacial score (nSPS) is 22.0. The molecule has 3 aliphatic rings. The molecule has 10 nitrogen and oxygen atoms in total. The number of fused-ring (bicyclic) bond motifs is 2. The number of carbonyl (C=O) groups excluding carboxylic acids is 3. The van der Waals surface area contributed by atoms with Crippen LogP contribution in [0.2, 0.25) is 0 Å². The smallest absolute Gasteiger partial charge is 0.363 e. The summed E-state index contributed by atoms with van der Waals surface area (Å²) in [5.74, 6) is -1.79. The largest absolute Gasteiger partial charge is 0.488 e. The third kappa shape index (κ3) is 5.48. The summed E-state index contributed by atoms with van der Waals surface area (Å²) >= 11 is 0. The first-order valence-electron chi connectivity index (χ1n) is 15.5. The molecule has 0 saturated carbocycles. The second-order valence-corrected chi connectivity index (χ2v) is 13.1. The molecule has 0 aliphatic carbocycles. The SMILES string of the molecule is CC(C)[C@H]1C(=O)N2C(C(=O)OC(=O)c3ccc([N+](=O)[O-])cc3)=C(COc3cccc4c(C[N+]5(C)CCCC5)cccc34)[C@H](C)[C@H]12. The van der Waals surface area contributed by atoms with Crippen LogP contribution >= 0.6 is 0 Å². The van der Waals surface area contributed by atoms with Crippen molar-refractivity contribution in [1.29, 1.82) is 0 Å². The minimum absolute atomic E-state index is 0.0124. The van der Waals surface area contributed by atoms with Gasteiger partial charge in [0.25, 0.3) is 5.69 Å². The average Bonchev–Trinajstić information content (AvgIpc) is 3.54. The maximum Gasteiger partial charge on any atom is 0.363 e. The summed E-state index contributed by atoms with van der Waals surface area (Å²) in [7, 11) is 2.31. The Balaban J connectivity index is 1.28. The van der Waals surface area contributed by atoms with Crippen LogP contribution in [0.1, 0.15) is 49.5 Å². The molecule has 0 aromatic heterocycles. The lowest BCUT2D eigenvalue weighted by molar-refractivity contribution is -0.910. The van der Waals surface area contributed by atoms with Crippen LogP contribution in [0.3, 0.4) is 0 Å². The number of nitro benzene ring substituents is 1. The fourth-order valence-corrected chi connectivity index (χ4v) is 7.36. The fourth-order valence-electron chi connectivity index (χ4n) is 7.36. The van der Waals surface area contributed by atoms with Crippen molar-refractivity contribution in [2.24, 2.45) is 17.8 Å². The Morgan fingerprint density at radius 3 is 2.33 bits per heavy atom. The average molecular weight is 613 g/mol. The van der Waals surface area contributed by atoms with Crippen molar-refractivity contribution in [1.82, 2.24) is 4.90 Å². The van der Waals surface area contributed by atoms with E-state index in [-0.39, 0.29) is 53.3 Å². The van der Waals surface area contributed by atoms with E-state index in [9.17, 15) is 24.5 Å². The topological polar surface area (TPSA) is 116 Å². The van der Waals surface area contributed by atoms with Crippen LogP contribution in [0, 0.1) is 27.9 Å². The van der Waals surface area contributed by atoms with Crippen LogP contribution < -0.4 is 4.74 Å². The third-order valence-electron chi connectivity index (χ3n) is 9.76. The van der Waals surface area contributed by atoms with Gasteiger partial charge in [-0.2, -0.15) is 0 Å². The Hall–Kier alpha value is -4.57. The number of amides is 1. The van der Waals surface area contributed by atoms with Gasteiger partial charge < -0.3 is 18.9 Å². The van der Waals surface area contributed by atoms with E-state index in [0.29, 0.717) is 11.3 Å². The quantitative estimate of drug-likeness (QED) is 0.0767. The van der Waals surface area contributed by atoms with Gasteiger partial charge in [-0.25, -0.2) is 9.59 Å². The minimum Gasteiger partial charge on any atom is -0.488 e.